The number of fused-ring (bicyclic) bond motifs is 2. The highest BCUT2D eigenvalue weighted by Gasteiger charge is 2.30. The van der Waals surface area contributed by atoms with Gasteiger partial charge >= 0.3 is 11.8 Å². The van der Waals surface area contributed by atoms with Crippen LogP contribution in [0, 0.1) is 0 Å². The van der Waals surface area contributed by atoms with Crippen molar-refractivity contribution in [2.45, 2.75) is 31.3 Å². The maximum atomic E-state index is 13.2. The van der Waals surface area contributed by atoms with Crippen LogP contribution in [0.3, 0.4) is 0 Å². The molecule has 4 aromatic heterocycles. The van der Waals surface area contributed by atoms with Crippen molar-refractivity contribution in [3.63, 3.8) is 0 Å². The molecule has 1 aliphatic rings. The molecule has 38 heavy (non-hydrogen) atoms. The van der Waals surface area contributed by atoms with Gasteiger partial charge in [0.05, 0.1) is 35.6 Å². The van der Waals surface area contributed by atoms with Crippen LogP contribution >= 0.6 is 0 Å². The summed E-state index contributed by atoms with van der Waals surface area (Å²) in [6, 6.07) is 17.6. The highest BCUT2D eigenvalue weighted by Crippen LogP contribution is 2.32. The standard InChI is InChI=1S/C28H27N7O3/c1-34-24-16-30-26(15-23(24)35(28(34)37)20-10-9-19(14-20)31-27(36)38-2)33-25-7-3-6-22(32-25)18-8-11-21-17(13-18)5-4-12-29-21/h3-8,11-13,15-16,19-20H,9-10,14H2,1-2H3,(H,31,36)(H,30,32,33)/t19-,20-/m1/s1. The van der Waals surface area contributed by atoms with Gasteiger partial charge in [-0.2, -0.15) is 0 Å². The molecule has 10 heteroatoms. The van der Waals surface area contributed by atoms with Gasteiger partial charge in [-0.05, 0) is 49.6 Å². The van der Waals surface area contributed by atoms with Crippen LogP contribution in [0.4, 0.5) is 16.4 Å². The number of hydrogen-bond acceptors (Lipinski definition) is 7. The Labute approximate surface area is 218 Å². The minimum atomic E-state index is -0.452. The lowest BCUT2D eigenvalue weighted by Crippen LogP contribution is -2.33. The minimum absolute atomic E-state index is 0.0348. The average molecular weight is 510 g/mol. The molecule has 5 aromatic rings. The second kappa shape index (κ2) is 9.62. The number of amides is 1. The molecule has 10 nitrogen and oxygen atoms in total. The number of anilines is 2. The first-order valence-electron chi connectivity index (χ1n) is 12.5. The van der Waals surface area contributed by atoms with E-state index in [1.54, 1.807) is 24.0 Å². The molecule has 2 atom stereocenters. The summed E-state index contributed by atoms with van der Waals surface area (Å²) in [5.74, 6) is 1.24. The van der Waals surface area contributed by atoms with Crippen LogP contribution in [-0.4, -0.2) is 43.3 Å². The quantitative estimate of drug-likeness (QED) is 0.357. The zero-order valence-corrected chi connectivity index (χ0v) is 21.1. The van der Waals surface area contributed by atoms with E-state index in [4.69, 9.17) is 9.72 Å². The fourth-order valence-corrected chi connectivity index (χ4v) is 5.26. The number of rotatable bonds is 5. The predicted molar refractivity (Wildman–Crippen MR) is 145 cm³/mol. The Morgan fingerprint density at radius 1 is 1.03 bits per heavy atom. The van der Waals surface area contributed by atoms with Crippen molar-refractivity contribution in [2.75, 3.05) is 12.4 Å². The fourth-order valence-electron chi connectivity index (χ4n) is 5.26. The van der Waals surface area contributed by atoms with Crippen LogP contribution < -0.4 is 16.3 Å². The Balaban J connectivity index is 1.29. The summed E-state index contributed by atoms with van der Waals surface area (Å²) in [5.41, 5.74) is 4.19. The lowest BCUT2D eigenvalue weighted by molar-refractivity contribution is 0.166. The Hall–Kier alpha value is -4.73. The fraction of sp³-hybridized carbons (Fsp3) is 0.250. The molecular weight excluding hydrogens is 482 g/mol. The van der Waals surface area contributed by atoms with Crippen LogP contribution in [0.5, 0.6) is 0 Å². The highest BCUT2D eigenvalue weighted by atomic mass is 16.5. The summed E-state index contributed by atoms with van der Waals surface area (Å²) in [6.45, 7) is 0. The molecule has 0 radical (unpaired) electrons. The van der Waals surface area contributed by atoms with Gasteiger partial charge in [0.15, 0.2) is 0 Å². The van der Waals surface area contributed by atoms with Crippen LogP contribution in [0.25, 0.3) is 33.2 Å². The summed E-state index contributed by atoms with van der Waals surface area (Å²) in [5, 5.41) is 7.21. The number of pyridine rings is 3. The molecule has 4 heterocycles. The van der Waals surface area contributed by atoms with E-state index < -0.39 is 6.09 Å². The molecule has 0 saturated heterocycles. The molecule has 1 saturated carbocycles. The van der Waals surface area contributed by atoms with Crippen LogP contribution in [0.2, 0.25) is 0 Å². The van der Waals surface area contributed by atoms with E-state index in [0.29, 0.717) is 18.1 Å². The van der Waals surface area contributed by atoms with Crippen molar-refractivity contribution in [2.24, 2.45) is 7.05 Å². The van der Waals surface area contributed by atoms with E-state index in [1.165, 1.54) is 7.11 Å². The third-order valence-corrected chi connectivity index (χ3v) is 7.16. The van der Waals surface area contributed by atoms with E-state index in [-0.39, 0.29) is 17.8 Å². The first kappa shape index (κ1) is 23.7. The van der Waals surface area contributed by atoms with Crippen LogP contribution in [-0.2, 0) is 11.8 Å². The van der Waals surface area contributed by atoms with Gasteiger partial charge in [0.25, 0.3) is 0 Å². The molecule has 0 aliphatic heterocycles. The smallest absolute Gasteiger partial charge is 0.407 e. The number of benzene rings is 1. The first-order chi connectivity index (χ1) is 18.5. The van der Waals surface area contributed by atoms with Crippen molar-refractivity contribution in [3.05, 3.63) is 77.5 Å². The van der Waals surface area contributed by atoms with E-state index >= 15 is 0 Å². The van der Waals surface area contributed by atoms with Gasteiger partial charge in [0.1, 0.15) is 11.6 Å². The third kappa shape index (κ3) is 4.34. The number of imidazole rings is 1. The number of carbonyl (C=O) groups excluding carboxylic acids is 1. The van der Waals surface area contributed by atoms with Gasteiger partial charge in [-0.25, -0.2) is 19.6 Å². The zero-order valence-electron chi connectivity index (χ0n) is 21.1. The van der Waals surface area contributed by atoms with Crippen molar-refractivity contribution < 1.29 is 9.53 Å². The van der Waals surface area contributed by atoms with Gasteiger partial charge in [-0.1, -0.05) is 18.2 Å². The van der Waals surface area contributed by atoms with Crippen LogP contribution in [0.15, 0.2) is 71.8 Å². The molecule has 192 valence electrons. The molecule has 1 aliphatic carbocycles. The van der Waals surface area contributed by atoms with E-state index in [2.05, 4.69) is 26.7 Å². The Kier molecular flexibility index (Phi) is 5.99. The zero-order chi connectivity index (χ0) is 26.2. The number of nitrogens with one attached hydrogen (secondary N) is 2. The predicted octanol–water partition coefficient (Wildman–Crippen LogP) is 4.54. The summed E-state index contributed by atoms with van der Waals surface area (Å²) < 4.78 is 8.16. The van der Waals surface area contributed by atoms with Crippen molar-refractivity contribution >= 4 is 39.7 Å². The average Bonchev–Trinajstić information content (AvgIpc) is 3.49. The molecule has 0 unspecified atom stereocenters. The van der Waals surface area contributed by atoms with Crippen molar-refractivity contribution in [3.8, 4) is 11.3 Å². The minimum Gasteiger partial charge on any atom is -0.453 e. The molecule has 6 rings (SSSR count). The van der Waals surface area contributed by atoms with E-state index in [1.807, 2.05) is 53.1 Å². The maximum Gasteiger partial charge on any atom is 0.407 e. The highest BCUT2D eigenvalue weighted by molar-refractivity contribution is 5.84. The Morgan fingerprint density at radius 3 is 2.79 bits per heavy atom. The maximum absolute atomic E-state index is 13.2. The monoisotopic (exact) mass is 509 g/mol. The number of carbonyl (C=O) groups is 1. The first-order valence-corrected chi connectivity index (χ1v) is 12.5. The summed E-state index contributed by atoms with van der Waals surface area (Å²) >= 11 is 0. The molecule has 1 amide bonds. The largest absolute Gasteiger partial charge is 0.453 e. The molecule has 0 spiro atoms. The summed E-state index contributed by atoms with van der Waals surface area (Å²) in [6.07, 6.45) is 5.25. The number of alkyl carbamates (subject to hydrolysis) is 1. The number of ether oxygens (including phenoxy) is 1. The number of nitrogens with zero attached hydrogens (tertiary/aromatic N) is 5. The summed E-state index contributed by atoms with van der Waals surface area (Å²) in [7, 11) is 3.10. The van der Waals surface area contributed by atoms with Crippen molar-refractivity contribution in [1.29, 1.82) is 0 Å². The number of hydrogen-bond donors (Lipinski definition) is 2. The Bertz CT molecular complexity index is 1730. The molecule has 2 N–H and O–H groups in total. The SMILES string of the molecule is COC(=O)N[C@@H]1CC[C@@H](n2c(=O)n(C)c3cnc(Nc4cccc(-c5ccc6ncccc6c5)n4)cc32)C1. The number of methoxy groups -OCH3 is 1. The second-order valence-corrected chi connectivity index (χ2v) is 9.51. The molecule has 0 bridgehead atoms. The Morgan fingerprint density at radius 2 is 1.92 bits per heavy atom. The van der Waals surface area contributed by atoms with Gasteiger partial charge < -0.3 is 15.4 Å². The van der Waals surface area contributed by atoms with Gasteiger partial charge in [-0.15, -0.1) is 0 Å². The van der Waals surface area contributed by atoms with E-state index in [9.17, 15) is 9.59 Å². The molecular formula is C28H27N7O3. The lowest BCUT2D eigenvalue weighted by atomic mass is 10.1. The van der Waals surface area contributed by atoms with Gasteiger partial charge in [0.2, 0.25) is 0 Å². The number of aryl methyl sites for hydroxylation is 1. The topological polar surface area (TPSA) is 116 Å². The lowest BCUT2D eigenvalue weighted by Gasteiger charge is -2.14. The van der Waals surface area contributed by atoms with Crippen molar-refractivity contribution in [1.82, 2.24) is 29.4 Å². The second-order valence-electron chi connectivity index (χ2n) is 9.51. The van der Waals surface area contributed by atoms with Crippen LogP contribution in [0.1, 0.15) is 25.3 Å². The third-order valence-electron chi connectivity index (χ3n) is 7.16. The summed E-state index contributed by atoms with van der Waals surface area (Å²) in [4.78, 5) is 38.6. The normalized spacial score (nSPS) is 17.1. The van der Waals surface area contributed by atoms with Gasteiger partial charge in [-0.3, -0.25) is 14.1 Å². The molecule has 1 aromatic carbocycles. The number of aromatic nitrogens is 5. The van der Waals surface area contributed by atoms with Gasteiger partial charge in [0, 0.05) is 42.3 Å². The molecule has 1 fully saturated rings. The van der Waals surface area contributed by atoms with E-state index in [0.717, 1.165) is 46.0 Å².